The lowest BCUT2D eigenvalue weighted by Gasteiger charge is -2.24. The Morgan fingerprint density at radius 2 is 1.63 bits per heavy atom. The average molecular weight is 373 g/mol. The lowest BCUT2D eigenvalue weighted by molar-refractivity contribution is 0.101. The minimum Gasteiger partial charge on any atom is -0.376 e. The van der Waals surface area contributed by atoms with Gasteiger partial charge in [0, 0.05) is 24.1 Å². The molecule has 0 heterocycles. The van der Waals surface area contributed by atoms with Crippen molar-refractivity contribution in [3.63, 3.8) is 0 Å². The predicted molar refractivity (Wildman–Crippen MR) is 105 cm³/mol. The fraction of sp³-hybridized carbons (Fsp3) is 0.478. The van der Waals surface area contributed by atoms with Crippen molar-refractivity contribution in [1.82, 2.24) is 5.32 Å². The van der Waals surface area contributed by atoms with Gasteiger partial charge in [-0.3, -0.25) is 0 Å². The average Bonchev–Trinajstić information content (AvgIpc) is 3.46. The Labute approximate surface area is 160 Å². The second-order valence-electron chi connectivity index (χ2n) is 7.75. The molecular weight excluding hydrogens is 344 g/mol. The summed E-state index contributed by atoms with van der Waals surface area (Å²) < 4.78 is 33.5. The summed E-state index contributed by atoms with van der Waals surface area (Å²) in [6.45, 7) is 7.60. The Kier molecular flexibility index (Phi) is 6.61. The minimum absolute atomic E-state index is 0.00272. The monoisotopic (exact) mass is 373 g/mol. The standard InChI is InChI=1S/C23H29F2NO/c1-15-6-4-7-16(2)23(15)19(12-26-17(3)18-10-11-18)13-27-14-20-21(24)8-5-9-22(20)25/h4-9,17-19,26H,10-14H2,1-3H3. The highest BCUT2D eigenvalue weighted by molar-refractivity contribution is 5.37. The predicted octanol–water partition coefficient (Wildman–Crippen LogP) is 5.27. The summed E-state index contributed by atoms with van der Waals surface area (Å²) in [6.07, 6.45) is 2.59. The van der Waals surface area contributed by atoms with Crippen LogP contribution in [0.25, 0.3) is 0 Å². The number of hydrogen-bond acceptors (Lipinski definition) is 2. The van der Waals surface area contributed by atoms with E-state index in [1.165, 1.54) is 47.7 Å². The molecule has 1 saturated carbocycles. The molecule has 0 aliphatic heterocycles. The number of aryl methyl sites for hydroxylation is 2. The second-order valence-corrected chi connectivity index (χ2v) is 7.75. The normalized spacial score (nSPS) is 16.3. The molecule has 0 saturated heterocycles. The first-order chi connectivity index (χ1) is 13.0. The highest BCUT2D eigenvalue weighted by Crippen LogP contribution is 2.33. The third kappa shape index (κ3) is 5.14. The molecular formula is C23H29F2NO. The molecule has 1 aliphatic carbocycles. The number of hydrogen-bond donors (Lipinski definition) is 1. The van der Waals surface area contributed by atoms with E-state index in [0.29, 0.717) is 12.6 Å². The van der Waals surface area contributed by atoms with E-state index in [9.17, 15) is 8.78 Å². The van der Waals surface area contributed by atoms with Crippen molar-refractivity contribution in [2.24, 2.45) is 5.92 Å². The van der Waals surface area contributed by atoms with Crippen LogP contribution in [-0.4, -0.2) is 19.2 Å². The van der Waals surface area contributed by atoms with Crippen LogP contribution in [0.15, 0.2) is 36.4 Å². The van der Waals surface area contributed by atoms with Crippen LogP contribution in [0.5, 0.6) is 0 Å². The van der Waals surface area contributed by atoms with Crippen LogP contribution in [-0.2, 0) is 11.3 Å². The van der Waals surface area contributed by atoms with Gasteiger partial charge >= 0.3 is 0 Å². The van der Waals surface area contributed by atoms with Crippen LogP contribution < -0.4 is 5.32 Å². The molecule has 0 bridgehead atoms. The third-order valence-electron chi connectivity index (χ3n) is 5.59. The number of halogens is 2. The van der Waals surface area contributed by atoms with Gasteiger partial charge in [0.25, 0.3) is 0 Å². The van der Waals surface area contributed by atoms with E-state index in [4.69, 9.17) is 4.74 Å². The van der Waals surface area contributed by atoms with Crippen molar-refractivity contribution < 1.29 is 13.5 Å². The van der Waals surface area contributed by atoms with E-state index >= 15 is 0 Å². The molecule has 2 atom stereocenters. The first-order valence-electron chi connectivity index (χ1n) is 9.77. The van der Waals surface area contributed by atoms with E-state index in [-0.39, 0.29) is 18.1 Å². The van der Waals surface area contributed by atoms with Gasteiger partial charge in [-0.2, -0.15) is 0 Å². The van der Waals surface area contributed by atoms with E-state index in [0.717, 1.165) is 12.5 Å². The highest BCUT2D eigenvalue weighted by atomic mass is 19.1. The van der Waals surface area contributed by atoms with Crippen LogP contribution in [0.3, 0.4) is 0 Å². The molecule has 0 radical (unpaired) electrons. The van der Waals surface area contributed by atoms with Gasteiger partial charge in [0.1, 0.15) is 11.6 Å². The van der Waals surface area contributed by atoms with Crippen LogP contribution in [0, 0.1) is 31.4 Å². The summed E-state index contributed by atoms with van der Waals surface area (Å²) in [5.74, 6) is -0.197. The molecule has 0 aromatic heterocycles. The lowest BCUT2D eigenvalue weighted by Crippen LogP contribution is -2.33. The second kappa shape index (κ2) is 8.94. The number of ether oxygens (including phenoxy) is 1. The molecule has 2 aromatic carbocycles. The summed E-state index contributed by atoms with van der Waals surface area (Å²) in [5.41, 5.74) is 3.71. The van der Waals surface area contributed by atoms with E-state index in [2.05, 4.69) is 44.3 Å². The molecule has 0 spiro atoms. The van der Waals surface area contributed by atoms with E-state index < -0.39 is 11.6 Å². The molecule has 2 aromatic rings. The maximum Gasteiger partial charge on any atom is 0.131 e. The highest BCUT2D eigenvalue weighted by Gasteiger charge is 2.28. The largest absolute Gasteiger partial charge is 0.376 e. The van der Waals surface area contributed by atoms with Crippen LogP contribution in [0.2, 0.25) is 0 Å². The van der Waals surface area contributed by atoms with Gasteiger partial charge in [0.05, 0.1) is 13.2 Å². The Morgan fingerprint density at radius 3 is 2.22 bits per heavy atom. The van der Waals surface area contributed by atoms with Crippen LogP contribution in [0.1, 0.15) is 47.9 Å². The lowest BCUT2D eigenvalue weighted by atomic mass is 9.91. The molecule has 0 amide bonds. The Bertz CT molecular complexity index is 732. The first-order valence-corrected chi connectivity index (χ1v) is 9.77. The minimum atomic E-state index is -0.556. The summed E-state index contributed by atoms with van der Waals surface area (Å²) in [4.78, 5) is 0. The van der Waals surface area contributed by atoms with Gasteiger partial charge in [-0.15, -0.1) is 0 Å². The molecule has 4 heteroatoms. The quantitative estimate of drug-likeness (QED) is 0.646. The van der Waals surface area contributed by atoms with Gasteiger partial charge in [-0.25, -0.2) is 8.78 Å². The van der Waals surface area contributed by atoms with Gasteiger partial charge < -0.3 is 10.1 Å². The smallest absolute Gasteiger partial charge is 0.131 e. The SMILES string of the molecule is Cc1cccc(C)c1C(CNC(C)C1CC1)COCc1c(F)cccc1F. The zero-order chi connectivity index (χ0) is 19.4. The molecule has 1 fully saturated rings. The number of benzene rings is 2. The molecule has 3 rings (SSSR count). The van der Waals surface area contributed by atoms with Crippen molar-refractivity contribution in [1.29, 1.82) is 0 Å². The van der Waals surface area contributed by atoms with Gasteiger partial charge in [0.2, 0.25) is 0 Å². The Morgan fingerprint density at radius 1 is 1.04 bits per heavy atom. The summed E-state index contributed by atoms with van der Waals surface area (Å²) >= 11 is 0. The molecule has 27 heavy (non-hydrogen) atoms. The Balaban J connectivity index is 1.69. The Hall–Kier alpha value is -1.78. The maximum atomic E-state index is 13.8. The van der Waals surface area contributed by atoms with Crippen molar-refractivity contribution >= 4 is 0 Å². The molecule has 1 N–H and O–H groups in total. The fourth-order valence-corrected chi connectivity index (χ4v) is 3.78. The molecule has 146 valence electrons. The van der Waals surface area contributed by atoms with Gasteiger partial charge in [-0.05, 0) is 68.4 Å². The maximum absolute atomic E-state index is 13.8. The fourth-order valence-electron chi connectivity index (χ4n) is 3.78. The van der Waals surface area contributed by atoms with Crippen molar-refractivity contribution in [3.8, 4) is 0 Å². The van der Waals surface area contributed by atoms with Crippen molar-refractivity contribution in [3.05, 3.63) is 70.3 Å². The molecule has 2 nitrogen and oxygen atoms in total. The number of rotatable bonds is 9. The zero-order valence-electron chi connectivity index (χ0n) is 16.4. The van der Waals surface area contributed by atoms with Crippen LogP contribution >= 0.6 is 0 Å². The molecule has 1 aliphatic rings. The first kappa shape index (κ1) is 20.0. The summed E-state index contributed by atoms with van der Waals surface area (Å²) in [5, 5.41) is 3.64. The van der Waals surface area contributed by atoms with E-state index in [1.54, 1.807) is 0 Å². The van der Waals surface area contributed by atoms with Crippen molar-refractivity contribution in [2.45, 2.75) is 52.2 Å². The molecule has 2 unspecified atom stereocenters. The summed E-state index contributed by atoms with van der Waals surface area (Å²) in [6, 6.07) is 10.7. The van der Waals surface area contributed by atoms with Gasteiger partial charge in [-0.1, -0.05) is 24.3 Å². The van der Waals surface area contributed by atoms with E-state index in [1.807, 2.05) is 0 Å². The van der Waals surface area contributed by atoms with Crippen molar-refractivity contribution in [2.75, 3.05) is 13.2 Å². The zero-order valence-corrected chi connectivity index (χ0v) is 16.4. The van der Waals surface area contributed by atoms with Gasteiger partial charge in [0.15, 0.2) is 0 Å². The number of nitrogens with one attached hydrogen (secondary N) is 1. The summed E-state index contributed by atoms with van der Waals surface area (Å²) in [7, 11) is 0. The van der Waals surface area contributed by atoms with Crippen LogP contribution in [0.4, 0.5) is 8.78 Å². The third-order valence-corrected chi connectivity index (χ3v) is 5.59. The topological polar surface area (TPSA) is 21.3 Å².